The van der Waals surface area contributed by atoms with E-state index in [-0.39, 0.29) is 30.5 Å². The van der Waals surface area contributed by atoms with E-state index in [4.69, 9.17) is 4.74 Å². The van der Waals surface area contributed by atoms with Gasteiger partial charge in [0, 0.05) is 19.2 Å². The molecule has 0 bridgehead atoms. The monoisotopic (exact) mass is 349 g/mol. The fraction of sp³-hybridized carbons (Fsp3) is 0.438. The Labute approximate surface area is 144 Å². The second kappa shape index (κ2) is 8.22. The van der Waals surface area contributed by atoms with E-state index in [0.29, 0.717) is 19.4 Å². The Bertz CT molecular complexity index is 690. The summed E-state index contributed by atoms with van der Waals surface area (Å²) in [6.07, 6.45) is 1.17. The molecule has 0 saturated carbocycles. The first kappa shape index (κ1) is 18.4. The largest absolute Gasteiger partial charge is 0.466 e. The van der Waals surface area contributed by atoms with E-state index in [1.807, 2.05) is 0 Å². The molecule has 9 nitrogen and oxygen atoms in total. The molecule has 1 saturated heterocycles. The van der Waals surface area contributed by atoms with E-state index >= 15 is 0 Å². The number of benzene rings is 1. The Morgan fingerprint density at radius 3 is 2.76 bits per heavy atom. The summed E-state index contributed by atoms with van der Waals surface area (Å²) in [7, 11) is 0. The molecule has 1 aliphatic rings. The van der Waals surface area contributed by atoms with Crippen LogP contribution in [0, 0.1) is 16.0 Å². The van der Waals surface area contributed by atoms with Gasteiger partial charge in [0.25, 0.3) is 5.69 Å². The summed E-state index contributed by atoms with van der Waals surface area (Å²) in [6, 6.07) is 5.56. The minimum absolute atomic E-state index is 0.0511. The molecule has 1 heterocycles. The van der Waals surface area contributed by atoms with Crippen molar-refractivity contribution >= 4 is 29.2 Å². The van der Waals surface area contributed by atoms with Crippen molar-refractivity contribution in [3.8, 4) is 0 Å². The van der Waals surface area contributed by atoms with Crippen LogP contribution in [0.4, 0.5) is 11.4 Å². The van der Waals surface area contributed by atoms with Crippen LogP contribution in [0.2, 0.25) is 0 Å². The summed E-state index contributed by atoms with van der Waals surface area (Å²) in [6.45, 7) is 2.40. The topological polar surface area (TPSA) is 119 Å². The molecule has 0 aromatic heterocycles. The average Bonchev–Trinajstić information content (AvgIpc) is 2.61. The summed E-state index contributed by atoms with van der Waals surface area (Å²) >= 11 is 0. The summed E-state index contributed by atoms with van der Waals surface area (Å²) in [5.74, 6) is -2.65. The number of anilines is 1. The van der Waals surface area contributed by atoms with E-state index in [1.54, 1.807) is 6.92 Å². The van der Waals surface area contributed by atoms with Gasteiger partial charge in [-0.25, -0.2) is 0 Å². The number of para-hydroxylation sites is 2. The third kappa shape index (κ3) is 4.52. The van der Waals surface area contributed by atoms with Gasteiger partial charge in [0.15, 0.2) is 0 Å². The van der Waals surface area contributed by atoms with Crippen LogP contribution in [0.5, 0.6) is 0 Å². The van der Waals surface area contributed by atoms with Crippen molar-refractivity contribution in [2.24, 2.45) is 5.92 Å². The number of nitrogens with zero attached hydrogens (tertiary/aromatic N) is 2. The van der Waals surface area contributed by atoms with Crippen molar-refractivity contribution in [1.29, 1.82) is 0 Å². The number of carbonyl (C=O) groups is 3. The van der Waals surface area contributed by atoms with Gasteiger partial charge in [-0.1, -0.05) is 12.1 Å². The molecule has 2 amide bonds. The van der Waals surface area contributed by atoms with Gasteiger partial charge in [0.1, 0.15) is 5.69 Å². The van der Waals surface area contributed by atoms with Gasteiger partial charge in [-0.3, -0.25) is 24.5 Å². The van der Waals surface area contributed by atoms with Crippen molar-refractivity contribution in [2.45, 2.75) is 19.8 Å². The van der Waals surface area contributed by atoms with E-state index < -0.39 is 22.7 Å². The number of hydrogen-bond acceptors (Lipinski definition) is 6. The minimum Gasteiger partial charge on any atom is -0.466 e. The number of carbonyl (C=O) groups excluding carboxylic acids is 3. The lowest BCUT2D eigenvalue weighted by Crippen LogP contribution is -2.47. The Morgan fingerprint density at radius 2 is 2.08 bits per heavy atom. The second-order valence-electron chi connectivity index (χ2n) is 5.57. The molecule has 9 heteroatoms. The van der Waals surface area contributed by atoms with Gasteiger partial charge in [-0.2, -0.15) is 0 Å². The van der Waals surface area contributed by atoms with E-state index in [1.165, 1.54) is 29.2 Å². The smallest absolute Gasteiger partial charge is 0.314 e. The lowest BCUT2D eigenvalue weighted by atomic mass is 9.98. The number of rotatable bonds is 4. The number of hydrogen-bond donors (Lipinski definition) is 1. The van der Waals surface area contributed by atoms with E-state index in [0.717, 1.165) is 0 Å². The summed E-state index contributed by atoms with van der Waals surface area (Å²) in [5, 5.41) is 13.2. The van der Waals surface area contributed by atoms with E-state index in [2.05, 4.69) is 5.32 Å². The zero-order chi connectivity index (χ0) is 18.4. The van der Waals surface area contributed by atoms with Crippen molar-refractivity contribution < 1.29 is 24.0 Å². The highest BCUT2D eigenvalue weighted by atomic mass is 16.6. The maximum absolute atomic E-state index is 12.3. The number of nitrogens with one attached hydrogen (secondary N) is 1. The summed E-state index contributed by atoms with van der Waals surface area (Å²) in [5.41, 5.74) is -0.350. The SMILES string of the molecule is CCOC(=O)C1CCCN(C(=O)C(=O)Nc2ccccc2[N+](=O)[O-])C1. The van der Waals surface area contributed by atoms with E-state index in [9.17, 15) is 24.5 Å². The van der Waals surface area contributed by atoms with Crippen molar-refractivity contribution in [2.75, 3.05) is 25.0 Å². The molecule has 1 unspecified atom stereocenters. The van der Waals surface area contributed by atoms with Gasteiger partial charge >= 0.3 is 17.8 Å². The van der Waals surface area contributed by atoms with Gasteiger partial charge in [0.2, 0.25) is 0 Å². The number of amides is 2. The van der Waals surface area contributed by atoms with Gasteiger partial charge < -0.3 is 15.0 Å². The molecular formula is C16H19N3O6. The fourth-order valence-electron chi connectivity index (χ4n) is 2.67. The number of ether oxygens (including phenoxy) is 1. The minimum atomic E-state index is -0.973. The lowest BCUT2D eigenvalue weighted by Gasteiger charge is -2.30. The average molecular weight is 349 g/mol. The van der Waals surface area contributed by atoms with Crippen LogP contribution in [-0.2, 0) is 19.1 Å². The Hall–Kier alpha value is -2.97. The second-order valence-corrected chi connectivity index (χ2v) is 5.57. The Morgan fingerprint density at radius 1 is 1.36 bits per heavy atom. The Kier molecular flexibility index (Phi) is 6.04. The Balaban J connectivity index is 2.04. The van der Waals surface area contributed by atoms with Gasteiger partial charge in [0.05, 0.1) is 17.4 Å². The number of piperidine rings is 1. The first-order valence-corrected chi connectivity index (χ1v) is 7.94. The summed E-state index contributed by atoms with van der Waals surface area (Å²) < 4.78 is 4.96. The maximum Gasteiger partial charge on any atom is 0.314 e. The van der Waals surface area contributed by atoms with Crippen LogP contribution in [0.25, 0.3) is 0 Å². The molecule has 25 heavy (non-hydrogen) atoms. The van der Waals surface area contributed by atoms with Crippen LogP contribution >= 0.6 is 0 Å². The number of likely N-dealkylation sites (tertiary alicyclic amines) is 1. The van der Waals surface area contributed by atoms with Gasteiger partial charge in [-0.05, 0) is 25.8 Å². The molecular weight excluding hydrogens is 330 g/mol. The zero-order valence-corrected chi connectivity index (χ0v) is 13.8. The molecule has 134 valence electrons. The van der Waals surface area contributed by atoms with Crippen LogP contribution in [0.1, 0.15) is 19.8 Å². The third-order valence-corrected chi connectivity index (χ3v) is 3.87. The molecule has 2 rings (SSSR count). The fourth-order valence-corrected chi connectivity index (χ4v) is 2.67. The van der Waals surface area contributed by atoms with Crippen LogP contribution < -0.4 is 5.32 Å². The number of esters is 1. The first-order chi connectivity index (χ1) is 11.9. The molecule has 1 atom stereocenters. The van der Waals surface area contributed by atoms with Crippen molar-refractivity contribution in [1.82, 2.24) is 4.90 Å². The number of nitro groups is 1. The quantitative estimate of drug-likeness (QED) is 0.379. The normalized spacial score (nSPS) is 16.8. The standard InChI is InChI=1S/C16H19N3O6/c1-2-25-16(22)11-6-5-9-18(10-11)15(21)14(20)17-12-7-3-4-8-13(12)19(23)24/h3-4,7-8,11H,2,5-6,9-10H2,1H3,(H,17,20). The highest BCUT2D eigenvalue weighted by Gasteiger charge is 2.32. The van der Waals surface area contributed by atoms with Crippen LogP contribution in [0.3, 0.4) is 0 Å². The molecule has 0 aliphatic carbocycles. The lowest BCUT2D eigenvalue weighted by molar-refractivity contribution is -0.383. The molecule has 1 aromatic rings. The van der Waals surface area contributed by atoms with Crippen molar-refractivity contribution in [3.05, 3.63) is 34.4 Å². The molecule has 0 radical (unpaired) electrons. The third-order valence-electron chi connectivity index (χ3n) is 3.87. The molecule has 1 aliphatic heterocycles. The molecule has 1 N–H and O–H groups in total. The maximum atomic E-state index is 12.3. The first-order valence-electron chi connectivity index (χ1n) is 7.94. The predicted molar refractivity (Wildman–Crippen MR) is 87.7 cm³/mol. The highest BCUT2D eigenvalue weighted by Crippen LogP contribution is 2.23. The predicted octanol–water partition coefficient (Wildman–Crippen LogP) is 1.33. The van der Waals surface area contributed by atoms with Crippen molar-refractivity contribution in [3.63, 3.8) is 0 Å². The molecule has 1 fully saturated rings. The molecule has 1 aromatic carbocycles. The zero-order valence-electron chi connectivity index (χ0n) is 13.8. The highest BCUT2D eigenvalue weighted by molar-refractivity contribution is 6.39. The van der Waals surface area contributed by atoms with Gasteiger partial charge in [-0.15, -0.1) is 0 Å². The van der Waals surface area contributed by atoms with Crippen LogP contribution in [0.15, 0.2) is 24.3 Å². The number of nitro benzene ring substituents is 1. The van der Waals surface area contributed by atoms with Crippen LogP contribution in [-0.4, -0.2) is 47.3 Å². The molecule has 0 spiro atoms. The summed E-state index contributed by atoms with van der Waals surface area (Å²) in [4.78, 5) is 47.9.